The van der Waals surface area contributed by atoms with Crippen molar-refractivity contribution in [2.24, 2.45) is 0 Å². The van der Waals surface area contributed by atoms with Crippen LogP contribution in [0.3, 0.4) is 0 Å². The van der Waals surface area contributed by atoms with Crippen LogP contribution in [0.5, 0.6) is 0 Å². The highest BCUT2D eigenvalue weighted by molar-refractivity contribution is 14.1. The topological polar surface area (TPSA) is 46.2 Å². The zero-order valence-corrected chi connectivity index (χ0v) is 8.74. The summed E-state index contributed by atoms with van der Waals surface area (Å²) >= 11 is 2.02. The Labute approximate surface area is 88.7 Å². The molecule has 0 saturated heterocycles. The van der Waals surface area contributed by atoms with Gasteiger partial charge in [0.15, 0.2) is 0 Å². The Balaban J connectivity index is 2.60. The molecule has 4 heteroatoms. The van der Waals surface area contributed by atoms with E-state index in [1.807, 2.05) is 34.7 Å². The summed E-state index contributed by atoms with van der Waals surface area (Å²) < 4.78 is -0.258. The molecule has 1 aromatic rings. The number of halogens is 1. The Bertz CT molecular complexity index is 389. The van der Waals surface area contributed by atoms with Crippen molar-refractivity contribution in [1.82, 2.24) is 5.32 Å². The molecule has 0 radical (unpaired) electrons. The number of nitrogens with one attached hydrogen (secondary N) is 1. The molecule has 1 aromatic carbocycles. The SMILES string of the molecule is O=C1NC(=O)C(I)c2ccccc21. The minimum atomic E-state index is -0.298. The molecule has 0 bridgehead atoms. The number of carbonyl (C=O) groups excluding carboxylic acids is 2. The highest BCUT2D eigenvalue weighted by Gasteiger charge is 2.29. The molecule has 0 aliphatic carbocycles. The number of benzene rings is 1. The van der Waals surface area contributed by atoms with Crippen LogP contribution in [-0.4, -0.2) is 11.8 Å². The third-order valence-corrected chi connectivity index (χ3v) is 3.18. The van der Waals surface area contributed by atoms with E-state index in [0.29, 0.717) is 5.56 Å². The number of carbonyl (C=O) groups is 2. The molecule has 1 N–H and O–H groups in total. The molecule has 0 spiro atoms. The van der Waals surface area contributed by atoms with E-state index < -0.39 is 0 Å². The molecule has 0 aromatic heterocycles. The predicted molar refractivity (Wildman–Crippen MR) is 55.7 cm³/mol. The molecular formula is C9H6INO2. The van der Waals surface area contributed by atoms with Crippen LogP contribution in [0.1, 0.15) is 19.8 Å². The van der Waals surface area contributed by atoms with Gasteiger partial charge < -0.3 is 0 Å². The molecule has 1 unspecified atom stereocenters. The van der Waals surface area contributed by atoms with Gasteiger partial charge in [0.25, 0.3) is 5.91 Å². The summed E-state index contributed by atoms with van der Waals surface area (Å²) in [5.74, 6) is -0.530. The van der Waals surface area contributed by atoms with Crippen LogP contribution in [0.25, 0.3) is 0 Å². The van der Waals surface area contributed by atoms with Crippen LogP contribution < -0.4 is 5.32 Å². The van der Waals surface area contributed by atoms with Gasteiger partial charge in [-0.1, -0.05) is 40.8 Å². The molecule has 1 heterocycles. The number of imide groups is 1. The van der Waals surface area contributed by atoms with Gasteiger partial charge >= 0.3 is 0 Å². The average Bonchev–Trinajstić information content (AvgIpc) is 2.15. The molecule has 2 rings (SSSR count). The number of amides is 2. The Hall–Kier alpha value is -0.910. The monoisotopic (exact) mass is 287 g/mol. The zero-order chi connectivity index (χ0) is 9.42. The van der Waals surface area contributed by atoms with Gasteiger partial charge in [0.1, 0.15) is 3.92 Å². The van der Waals surface area contributed by atoms with Crippen LogP contribution >= 0.6 is 22.6 Å². The van der Waals surface area contributed by atoms with E-state index >= 15 is 0 Å². The summed E-state index contributed by atoms with van der Waals surface area (Å²) in [7, 11) is 0. The van der Waals surface area contributed by atoms with E-state index in [1.54, 1.807) is 12.1 Å². The quantitative estimate of drug-likeness (QED) is 0.446. The first-order chi connectivity index (χ1) is 6.20. The lowest BCUT2D eigenvalue weighted by Gasteiger charge is -2.19. The third-order valence-electron chi connectivity index (χ3n) is 1.95. The van der Waals surface area contributed by atoms with Crippen molar-refractivity contribution in [2.45, 2.75) is 3.92 Å². The van der Waals surface area contributed by atoms with Gasteiger partial charge in [0.05, 0.1) is 0 Å². The van der Waals surface area contributed by atoms with Crippen LogP contribution in [-0.2, 0) is 4.79 Å². The molecule has 13 heavy (non-hydrogen) atoms. The standard InChI is InChI=1S/C9H6INO2/c10-7-5-3-1-2-4-6(5)8(12)11-9(7)13/h1-4,7H,(H,11,12,13). The zero-order valence-electron chi connectivity index (χ0n) is 6.58. The van der Waals surface area contributed by atoms with Crippen molar-refractivity contribution < 1.29 is 9.59 Å². The van der Waals surface area contributed by atoms with Gasteiger partial charge in [0.2, 0.25) is 5.91 Å². The Morgan fingerprint density at radius 3 is 2.69 bits per heavy atom. The molecule has 66 valence electrons. The Morgan fingerprint density at radius 1 is 1.23 bits per heavy atom. The summed E-state index contributed by atoms with van der Waals surface area (Å²) in [6.45, 7) is 0. The third kappa shape index (κ3) is 1.35. The molecular weight excluding hydrogens is 281 g/mol. The normalized spacial score (nSPS) is 20.8. The van der Waals surface area contributed by atoms with E-state index in [-0.39, 0.29) is 15.7 Å². The van der Waals surface area contributed by atoms with Gasteiger partial charge in [-0.3, -0.25) is 14.9 Å². The van der Waals surface area contributed by atoms with Crippen molar-refractivity contribution >= 4 is 34.4 Å². The number of fused-ring (bicyclic) bond motifs is 1. The second-order valence-corrected chi connectivity index (χ2v) is 4.01. The lowest BCUT2D eigenvalue weighted by Crippen LogP contribution is -2.38. The van der Waals surface area contributed by atoms with Gasteiger partial charge in [0, 0.05) is 5.56 Å². The summed E-state index contributed by atoms with van der Waals surface area (Å²) in [6.07, 6.45) is 0. The van der Waals surface area contributed by atoms with E-state index in [4.69, 9.17) is 0 Å². The minimum absolute atomic E-state index is 0.232. The summed E-state index contributed by atoms with van der Waals surface area (Å²) in [5, 5.41) is 2.30. The van der Waals surface area contributed by atoms with Gasteiger partial charge in [-0.05, 0) is 11.6 Å². The molecule has 0 saturated carbocycles. The first kappa shape index (κ1) is 8.68. The highest BCUT2D eigenvalue weighted by atomic mass is 127. The Kier molecular flexibility index (Phi) is 2.07. The molecule has 1 aliphatic heterocycles. The minimum Gasteiger partial charge on any atom is -0.291 e. The van der Waals surface area contributed by atoms with E-state index in [0.717, 1.165) is 5.56 Å². The fraction of sp³-hybridized carbons (Fsp3) is 0.111. The van der Waals surface area contributed by atoms with Gasteiger partial charge in [-0.25, -0.2) is 0 Å². The summed E-state index contributed by atoms with van der Waals surface area (Å²) in [6, 6.07) is 7.15. The van der Waals surface area contributed by atoms with Crippen LogP contribution in [0, 0.1) is 0 Å². The van der Waals surface area contributed by atoms with Gasteiger partial charge in [-0.15, -0.1) is 0 Å². The second-order valence-electron chi connectivity index (χ2n) is 2.77. The van der Waals surface area contributed by atoms with Crippen molar-refractivity contribution in [3.8, 4) is 0 Å². The van der Waals surface area contributed by atoms with Crippen molar-refractivity contribution in [3.63, 3.8) is 0 Å². The molecule has 3 nitrogen and oxygen atoms in total. The molecule has 2 amide bonds. The largest absolute Gasteiger partial charge is 0.291 e. The van der Waals surface area contributed by atoms with E-state index in [2.05, 4.69) is 5.32 Å². The van der Waals surface area contributed by atoms with E-state index in [1.165, 1.54) is 0 Å². The number of alkyl halides is 1. The lowest BCUT2D eigenvalue weighted by atomic mass is 10.0. The average molecular weight is 287 g/mol. The summed E-state index contributed by atoms with van der Waals surface area (Å²) in [4.78, 5) is 22.5. The van der Waals surface area contributed by atoms with Crippen LogP contribution in [0.4, 0.5) is 0 Å². The fourth-order valence-corrected chi connectivity index (χ4v) is 2.01. The molecule has 0 fully saturated rings. The molecule has 1 aliphatic rings. The maximum atomic E-state index is 11.3. The maximum Gasteiger partial charge on any atom is 0.258 e. The van der Waals surface area contributed by atoms with E-state index in [9.17, 15) is 9.59 Å². The van der Waals surface area contributed by atoms with Gasteiger partial charge in [-0.2, -0.15) is 0 Å². The fourth-order valence-electron chi connectivity index (χ4n) is 1.31. The maximum absolute atomic E-state index is 11.3. The van der Waals surface area contributed by atoms with Crippen molar-refractivity contribution in [1.29, 1.82) is 0 Å². The number of rotatable bonds is 0. The smallest absolute Gasteiger partial charge is 0.258 e. The second kappa shape index (κ2) is 3.10. The van der Waals surface area contributed by atoms with Crippen LogP contribution in [0.2, 0.25) is 0 Å². The highest BCUT2D eigenvalue weighted by Crippen LogP contribution is 2.29. The number of hydrogen-bond acceptors (Lipinski definition) is 2. The predicted octanol–water partition coefficient (Wildman–Crippen LogP) is 1.43. The summed E-state index contributed by atoms with van der Waals surface area (Å²) in [5.41, 5.74) is 1.40. The van der Waals surface area contributed by atoms with Crippen molar-refractivity contribution in [3.05, 3.63) is 35.4 Å². The number of hydrogen-bond donors (Lipinski definition) is 1. The van der Waals surface area contributed by atoms with Crippen LogP contribution in [0.15, 0.2) is 24.3 Å². The Morgan fingerprint density at radius 2 is 1.92 bits per heavy atom. The lowest BCUT2D eigenvalue weighted by molar-refractivity contribution is -0.119. The first-order valence-electron chi connectivity index (χ1n) is 3.78. The molecule has 1 atom stereocenters. The first-order valence-corrected chi connectivity index (χ1v) is 5.03. The van der Waals surface area contributed by atoms with Crippen molar-refractivity contribution in [2.75, 3.05) is 0 Å².